The molecule has 4 heteroatoms. The van der Waals surface area contributed by atoms with Crippen molar-refractivity contribution in [1.82, 2.24) is 5.32 Å². The second kappa shape index (κ2) is 5.80. The SMILES string of the molecule is CC(C)SCCNC(N)=S. The maximum atomic E-state index is 5.22. The molecule has 0 spiro atoms. The van der Waals surface area contributed by atoms with Gasteiger partial charge in [-0.3, -0.25) is 0 Å². The number of thiocarbonyl (C=S) groups is 1. The molecule has 0 aromatic heterocycles. The zero-order valence-electron chi connectivity index (χ0n) is 6.39. The summed E-state index contributed by atoms with van der Waals surface area (Å²) < 4.78 is 0. The van der Waals surface area contributed by atoms with E-state index in [1.54, 1.807) is 0 Å². The van der Waals surface area contributed by atoms with Gasteiger partial charge in [0.25, 0.3) is 0 Å². The molecule has 0 aliphatic heterocycles. The number of rotatable bonds is 4. The van der Waals surface area contributed by atoms with Crippen LogP contribution in [-0.4, -0.2) is 22.7 Å². The zero-order chi connectivity index (χ0) is 7.98. The van der Waals surface area contributed by atoms with Crippen LogP contribution in [0.3, 0.4) is 0 Å². The summed E-state index contributed by atoms with van der Waals surface area (Å²) in [6.07, 6.45) is 0. The predicted molar refractivity (Wildman–Crippen MR) is 52.4 cm³/mol. The van der Waals surface area contributed by atoms with E-state index in [0.29, 0.717) is 10.4 Å². The van der Waals surface area contributed by atoms with Crippen LogP contribution in [0.4, 0.5) is 0 Å². The monoisotopic (exact) mass is 178 g/mol. The third-order valence-corrected chi connectivity index (χ3v) is 2.10. The minimum atomic E-state index is 0.393. The van der Waals surface area contributed by atoms with Crippen molar-refractivity contribution in [2.24, 2.45) is 5.73 Å². The van der Waals surface area contributed by atoms with Gasteiger partial charge in [0.1, 0.15) is 0 Å². The fourth-order valence-corrected chi connectivity index (χ4v) is 1.26. The molecule has 0 rings (SSSR count). The highest BCUT2D eigenvalue weighted by atomic mass is 32.2. The fraction of sp³-hybridized carbons (Fsp3) is 0.833. The normalized spacial score (nSPS) is 9.90. The van der Waals surface area contributed by atoms with Crippen LogP contribution in [0.1, 0.15) is 13.8 Å². The van der Waals surface area contributed by atoms with E-state index in [9.17, 15) is 0 Å². The van der Waals surface area contributed by atoms with Gasteiger partial charge in [0.15, 0.2) is 5.11 Å². The van der Waals surface area contributed by atoms with Crippen LogP contribution >= 0.6 is 24.0 Å². The van der Waals surface area contributed by atoms with E-state index in [0.717, 1.165) is 12.3 Å². The van der Waals surface area contributed by atoms with Gasteiger partial charge in [0.2, 0.25) is 0 Å². The molecule has 0 heterocycles. The average molecular weight is 178 g/mol. The predicted octanol–water partition coefficient (Wildman–Crippen LogP) is 0.961. The van der Waals surface area contributed by atoms with Crippen LogP contribution in [0, 0.1) is 0 Å². The highest BCUT2D eigenvalue weighted by molar-refractivity contribution is 7.99. The Morgan fingerprint density at radius 1 is 1.70 bits per heavy atom. The Hall–Kier alpha value is 0.0400. The Bertz CT molecular complexity index is 104. The maximum absolute atomic E-state index is 5.22. The summed E-state index contributed by atoms with van der Waals surface area (Å²) in [7, 11) is 0. The fourth-order valence-electron chi connectivity index (χ4n) is 0.469. The Balaban J connectivity index is 2.98. The third kappa shape index (κ3) is 8.04. The van der Waals surface area contributed by atoms with Gasteiger partial charge >= 0.3 is 0 Å². The lowest BCUT2D eigenvalue weighted by Gasteiger charge is -2.05. The Morgan fingerprint density at radius 3 is 2.70 bits per heavy atom. The topological polar surface area (TPSA) is 38.0 Å². The first kappa shape index (κ1) is 10.0. The van der Waals surface area contributed by atoms with Crippen molar-refractivity contribution in [3.05, 3.63) is 0 Å². The van der Waals surface area contributed by atoms with Crippen LogP contribution in [0.25, 0.3) is 0 Å². The summed E-state index contributed by atoms with van der Waals surface area (Å²) in [5.74, 6) is 1.06. The highest BCUT2D eigenvalue weighted by Crippen LogP contribution is 2.06. The molecule has 0 saturated carbocycles. The number of nitrogens with one attached hydrogen (secondary N) is 1. The van der Waals surface area contributed by atoms with Gasteiger partial charge < -0.3 is 11.1 Å². The minimum absolute atomic E-state index is 0.393. The molecule has 0 fully saturated rings. The second-order valence-electron chi connectivity index (χ2n) is 2.21. The molecule has 0 unspecified atom stereocenters. The molecule has 0 aromatic carbocycles. The van der Waals surface area contributed by atoms with E-state index < -0.39 is 0 Å². The number of hydrogen-bond acceptors (Lipinski definition) is 2. The van der Waals surface area contributed by atoms with E-state index in [1.165, 1.54) is 0 Å². The summed E-state index contributed by atoms with van der Waals surface area (Å²) in [5, 5.41) is 3.97. The minimum Gasteiger partial charge on any atom is -0.376 e. The van der Waals surface area contributed by atoms with E-state index in [-0.39, 0.29) is 0 Å². The summed E-state index contributed by atoms with van der Waals surface area (Å²) in [6, 6.07) is 0. The van der Waals surface area contributed by atoms with Crippen molar-refractivity contribution < 1.29 is 0 Å². The molecule has 0 aromatic rings. The van der Waals surface area contributed by atoms with Gasteiger partial charge in [-0.25, -0.2) is 0 Å². The van der Waals surface area contributed by atoms with Crippen LogP contribution in [0.15, 0.2) is 0 Å². The maximum Gasteiger partial charge on any atom is 0.163 e. The second-order valence-corrected chi connectivity index (χ2v) is 4.33. The molecule has 0 radical (unpaired) electrons. The molecule has 0 aliphatic carbocycles. The number of hydrogen-bond donors (Lipinski definition) is 2. The third-order valence-electron chi connectivity index (χ3n) is 0.852. The van der Waals surface area contributed by atoms with Gasteiger partial charge in [-0.1, -0.05) is 13.8 Å². The number of thioether (sulfide) groups is 1. The molecular formula is C6H14N2S2. The van der Waals surface area contributed by atoms with Crippen LogP contribution < -0.4 is 11.1 Å². The largest absolute Gasteiger partial charge is 0.376 e. The average Bonchev–Trinajstić information content (AvgIpc) is 1.79. The van der Waals surface area contributed by atoms with Gasteiger partial charge in [0.05, 0.1) is 0 Å². The van der Waals surface area contributed by atoms with Crippen LogP contribution in [0.5, 0.6) is 0 Å². The van der Waals surface area contributed by atoms with Crippen LogP contribution in [0.2, 0.25) is 0 Å². The van der Waals surface area contributed by atoms with E-state index in [4.69, 9.17) is 5.73 Å². The lowest BCUT2D eigenvalue weighted by Crippen LogP contribution is -2.30. The molecule has 0 amide bonds. The van der Waals surface area contributed by atoms with Crippen molar-refractivity contribution in [2.45, 2.75) is 19.1 Å². The van der Waals surface area contributed by atoms with E-state index in [2.05, 4.69) is 31.4 Å². The first-order valence-electron chi connectivity index (χ1n) is 3.28. The molecule has 0 atom stereocenters. The van der Waals surface area contributed by atoms with E-state index >= 15 is 0 Å². The Kier molecular flexibility index (Phi) is 5.82. The van der Waals surface area contributed by atoms with Crippen molar-refractivity contribution >= 4 is 29.1 Å². The lowest BCUT2D eigenvalue weighted by atomic mass is 10.6. The van der Waals surface area contributed by atoms with Gasteiger partial charge in [-0.15, -0.1) is 0 Å². The molecule has 60 valence electrons. The molecule has 0 saturated heterocycles. The smallest absolute Gasteiger partial charge is 0.163 e. The number of nitrogens with two attached hydrogens (primary N) is 1. The summed E-state index contributed by atoms with van der Waals surface area (Å²) >= 11 is 6.53. The van der Waals surface area contributed by atoms with Crippen molar-refractivity contribution in [1.29, 1.82) is 0 Å². The Morgan fingerprint density at radius 2 is 2.30 bits per heavy atom. The summed E-state index contributed by atoms with van der Waals surface area (Å²) in [6.45, 7) is 5.22. The van der Waals surface area contributed by atoms with Crippen LogP contribution in [-0.2, 0) is 0 Å². The van der Waals surface area contributed by atoms with Crippen molar-refractivity contribution in [3.63, 3.8) is 0 Å². The molecule has 10 heavy (non-hydrogen) atoms. The first-order valence-corrected chi connectivity index (χ1v) is 4.73. The molecular weight excluding hydrogens is 164 g/mol. The first-order chi connectivity index (χ1) is 4.63. The standard InChI is InChI=1S/C6H14N2S2/c1-5(2)10-4-3-8-6(7)9/h5H,3-4H2,1-2H3,(H3,7,8,9). The van der Waals surface area contributed by atoms with E-state index in [1.807, 2.05) is 11.8 Å². The quantitative estimate of drug-likeness (QED) is 0.497. The zero-order valence-corrected chi connectivity index (χ0v) is 8.02. The van der Waals surface area contributed by atoms with Crippen molar-refractivity contribution in [2.75, 3.05) is 12.3 Å². The molecule has 3 N–H and O–H groups in total. The Labute approximate surface area is 71.9 Å². The van der Waals surface area contributed by atoms with Gasteiger partial charge in [0, 0.05) is 12.3 Å². The highest BCUT2D eigenvalue weighted by Gasteiger charge is 1.92. The summed E-state index contributed by atoms with van der Waals surface area (Å²) in [4.78, 5) is 0. The van der Waals surface area contributed by atoms with Crippen molar-refractivity contribution in [3.8, 4) is 0 Å². The summed E-state index contributed by atoms with van der Waals surface area (Å²) in [5.41, 5.74) is 5.22. The van der Waals surface area contributed by atoms with Gasteiger partial charge in [-0.2, -0.15) is 11.8 Å². The molecule has 0 bridgehead atoms. The van der Waals surface area contributed by atoms with Gasteiger partial charge in [-0.05, 0) is 17.5 Å². The molecule has 0 aliphatic rings. The lowest BCUT2D eigenvalue weighted by molar-refractivity contribution is 0.976. The molecule has 2 nitrogen and oxygen atoms in total.